The van der Waals surface area contributed by atoms with Crippen molar-refractivity contribution in [2.75, 3.05) is 0 Å². The van der Waals surface area contributed by atoms with Crippen LogP contribution in [-0.2, 0) is 16.9 Å². The van der Waals surface area contributed by atoms with E-state index in [0.29, 0.717) is 0 Å². The van der Waals surface area contributed by atoms with Crippen LogP contribution >= 0.6 is 11.6 Å². The van der Waals surface area contributed by atoms with Crippen molar-refractivity contribution in [3.63, 3.8) is 0 Å². The maximum absolute atomic E-state index is 6.05. The lowest BCUT2D eigenvalue weighted by Gasteiger charge is -2.33. The zero-order valence-electron chi connectivity index (χ0n) is 8.76. The van der Waals surface area contributed by atoms with E-state index in [1.54, 1.807) is 0 Å². The number of halogens is 1. The Hall–Kier alpha value is -0.530. The summed E-state index contributed by atoms with van der Waals surface area (Å²) in [6.07, 6.45) is 6.31. The highest BCUT2D eigenvalue weighted by Crippen LogP contribution is 2.47. The number of ether oxygens (including phenoxy) is 1. The Kier molecular flexibility index (Phi) is 2.26. The first kappa shape index (κ1) is 9.68. The van der Waals surface area contributed by atoms with Crippen molar-refractivity contribution in [3.8, 4) is 0 Å². The van der Waals surface area contributed by atoms with Gasteiger partial charge in [0.1, 0.15) is 0 Å². The zero-order chi connectivity index (χ0) is 10.3. The summed E-state index contributed by atoms with van der Waals surface area (Å²) in [6.45, 7) is 0.746. The van der Waals surface area contributed by atoms with Crippen molar-refractivity contribution in [1.82, 2.24) is 0 Å². The largest absolute Gasteiger partial charge is 0.366 e. The van der Waals surface area contributed by atoms with E-state index in [-0.39, 0.29) is 5.60 Å². The number of rotatable bonds is 0. The highest BCUT2D eigenvalue weighted by Gasteiger charge is 2.40. The number of hydrogen-bond donors (Lipinski definition) is 0. The highest BCUT2D eigenvalue weighted by atomic mass is 35.5. The molecule has 1 nitrogen and oxygen atoms in total. The molecule has 1 spiro atoms. The third-order valence-electron chi connectivity index (χ3n) is 3.72. The van der Waals surface area contributed by atoms with Gasteiger partial charge in [0.2, 0.25) is 0 Å². The lowest BCUT2D eigenvalue weighted by Crippen LogP contribution is -2.27. The van der Waals surface area contributed by atoms with Crippen molar-refractivity contribution in [1.29, 1.82) is 0 Å². The van der Waals surface area contributed by atoms with E-state index in [1.165, 1.54) is 43.2 Å². The van der Waals surface area contributed by atoms with Crippen molar-refractivity contribution >= 4 is 11.6 Å². The molecule has 0 saturated heterocycles. The maximum Gasteiger partial charge on any atom is 0.0939 e. The van der Waals surface area contributed by atoms with Gasteiger partial charge in [0.15, 0.2) is 0 Å². The predicted molar refractivity (Wildman–Crippen MR) is 61.0 cm³/mol. The molecular formula is C13H15ClO. The minimum atomic E-state index is 0.0399. The van der Waals surface area contributed by atoms with E-state index in [9.17, 15) is 0 Å². The van der Waals surface area contributed by atoms with Crippen LogP contribution in [-0.4, -0.2) is 0 Å². The molecule has 0 unspecified atom stereocenters. The molecule has 1 aromatic carbocycles. The van der Waals surface area contributed by atoms with Crippen LogP contribution in [0.4, 0.5) is 0 Å². The Labute approximate surface area is 95.4 Å². The van der Waals surface area contributed by atoms with Gasteiger partial charge in [-0.3, -0.25) is 0 Å². The molecule has 2 heteroatoms. The second kappa shape index (κ2) is 3.50. The van der Waals surface area contributed by atoms with Gasteiger partial charge in [-0.2, -0.15) is 0 Å². The van der Waals surface area contributed by atoms with Gasteiger partial charge in [0.25, 0.3) is 0 Å². The van der Waals surface area contributed by atoms with Crippen molar-refractivity contribution in [2.24, 2.45) is 0 Å². The highest BCUT2D eigenvalue weighted by molar-refractivity contribution is 6.30. The van der Waals surface area contributed by atoms with E-state index in [0.717, 1.165) is 11.6 Å². The Morgan fingerprint density at radius 2 is 1.93 bits per heavy atom. The molecule has 1 saturated carbocycles. The fourth-order valence-electron chi connectivity index (χ4n) is 2.96. The molecule has 0 bridgehead atoms. The van der Waals surface area contributed by atoms with Gasteiger partial charge in [0.05, 0.1) is 12.2 Å². The minimum absolute atomic E-state index is 0.0399. The quantitative estimate of drug-likeness (QED) is 0.644. The van der Waals surface area contributed by atoms with Gasteiger partial charge in [-0.15, -0.1) is 0 Å². The second-order valence-corrected chi connectivity index (χ2v) is 5.08. The molecule has 0 radical (unpaired) electrons. The molecule has 0 amide bonds. The first-order valence-electron chi connectivity index (χ1n) is 5.73. The molecule has 80 valence electrons. The summed E-state index contributed by atoms with van der Waals surface area (Å²) >= 11 is 6.00. The van der Waals surface area contributed by atoms with E-state index >= 15 is 0 Å². The van der Waals surface area contributed by atoms with Gasteiger partial charge in [-0.05, 0) is 36.1 Å². The van der Waals surface area contributed by atoms with Gasteiger partial charge in [-0.25, -0.2) is 0 Å². The topological polar surface area (TPSA) is 9.23 Å². The van der Waals surface area contributed by atoms with E-state index in [1.807, 2.05) is 6.07 Å². The molecule has 1 fully saturated rings. The number of fused-ring (bicyclic) bond motifs is 2. The van der Waals surface area contributed by atoms with E-state index in [2.05, 4.69) is 12.1 Å². The summed E-state index contributed by atoms with van der Waals surface area (Å²) in [6, 6.07) is 6.21. The molecule has 1 aliphatic carbocycles. The lowest BCUT2D eigenvalue weighted by atomic mass is 9.79. The fourth-order valence-corrected chi connectivity index (χ4v) is 3.15. The molecule has 1 heterocycles. The molecule has 1 aliphatic heterocycles. The first-order valence-corrected chi connectivity index (χ1v) is 6.11. The van der Waals surface area contributed by atoms with Crippen LogP contribution in [0.5, 0.6) is 0 Å². The number of benzene rings is 1. The van der Waals surface area contributed by atoms with Gasteiger partial charge in [-0.1, -0.05) is 36.9 Å². The van der Waals surface area contributed by atoms with Crippen molar-refractivity contribution < 1.29 is 4.74 Å². The van der Waals surface area contributed by atoms with Crippen molar-refractivity contribution in [2.45, 2.75) is 44.3 Å². The summed E-state index contributed by atoms with van der Waals surface area (Å²) in [5.41, 5.74) is 2.73. The van der Waals surface area contributed by atoms with Crippen LogP contribution in [0.2, 0.25) is 5.02 Å². The molecular weight excluding hydrogens is 208 g/mol. The standard InChI is InChI=1S/C13H15ClO/c14-11-4-5-12-10(8-11)9-15-13(12)6-2-1-3-7-13/h4-5,8H,1-3,6-7,9H2. The average molecular weight is 223 g/mol. The predicted octanol–water partition coefficient (Wildman–Crippen LogP) is 4.03. The van der Waals surface area contributed by atoms with Gasteiger partial charge < -0.3 is 4.74 Å². The van der Waals surface area contributed by atoms with Crippen molar-refractivity contribution in [3.05, 3.63) is 34.3 Å². The molecule has 2 aliphatic rings. The van der Waals surface area contributed by atoms with Gasteiger partial charge >= 0.3 is 0 Å². The molecule has 1 aromatic rings. The smallest absolute Gasteiger partial charge is 0.0939 e. The Bertz CT molecular complexity index is 380. The summed E-state index contributed by atoms with van der Waals surface area (Å²) in [7, 11) is 0. The molecule has 0 aromatic heterocycles. The molecule has 0 atom stereocenters. The Morgan fingerprint density at radius 3 is 2.73 bits per heavy atom. The summed E-state index contributed by atoms with van der Waals surface area (Å²) in [5.74, 6) is 0. The molecule has 3 rings (SSSR count). The SMILES string of the molecule is Clc1ccc2c(c1)COC21CCCCC1. The normalized spacial score (nSPS) is 23.0. The van der Waals surface area contributed by atoms with Crippen LogP contribution in [0.3, 0.4) is 0 Å². The van der Waals surface area contributed by atoms with Gasteiger partial charge in [0, 0.05) is 5.02 Å². The minimum Gasteiger partial charge on any atom is -0.366 e. The first-order chi connectivity index (χ1) is 7.30. The lowest BCUT2D eigenvalue weighted by molar-refractivity contribution is -0.0637. The average Bonchev–Trinajstić information content (AvgIpc) is 2.58. The number of hydrogen-bond acceptors (Lipinski definition) is 1. The molecule has 0 N–H and O–H groups in total. The van der Waals surface area contributed by atoms with E-state index in [4.69, 9.17) is 16.3 Å². The second-order valence-electron chi connectivity index (χ2n) is 4.65. The van der Waals surface area contributed by atoms with Crippen LogP contribution in [0, 0.1) is 0 Å². The van der Waals surface area contributed by atoms with Crippen LogP contribution < -0.4 is 0 Å². The fraction of sp³-hybridized carbons (Fsp3) is 0.538. The summed E-state index contributed by atoms with van der Waals surface area (Å²) in [4.78, 5) is 0. The summed E-state index contributed by atoms with van der Waals surface area (Å²) < 4.78 is 6.05. The summed E-state index contributed by atoms with van der Waals surface area (Å²) in [5, 5.41) is 0.824. The third-order valence-corrected chi connectivity index (χ3v) is 3.96. The Morgan fingerprint density at radius 1 is 1.13 bits per heavy atom. The monoisotopic (exact) mass is 222 g/mol. The maximum atomic E-state index is 6.05. The third kappa shape index (κ3) is 1.49. The van der Waals surface area contributed by atoms with Crippen LogP contribution in [0.25, 0.3) is 0 Å². The zero-order valence-corrected chi connectivity index (χ0v) is 9.52. The van der Waals surface area contributed by atoms with Crippen LogP contribution in [0.15, 0.2) is 18.2 Å². The molecule has 15 heavy (non-hydrogen) atoms. The van der Waals surface area contributed by atoms with E-state index < -0.39 is 0 Å². The van der Waals surface area contributed by atoms with Crippen LogP contribution in [0.1, 0.15) is 43.2 Å². The Balaban J connectivity index is 2.03.